The summed E-state index contributed by atoms with van der Waals surface area (Å²) in [7, 11) is 0. The Morgan fingerprint density at radius 3 is 2.31 bits per heavy atom. The first-order valence-corrected chi connectivity index (χ1v) is 4.73. The van der Waals surface area contributed by atoms with E-state index in [0.717, 1.165) is 19.6 Å². The average molecular weight is 177 g/mol. The van der Waals surface area contributed by atoms with Crippen molar-refractivity contribution in [2.24, 2.45) is 0 Å². The number of nitrogens with zero attached hydrogens (tertiary/aromatic N) is 1. The van der Waals surface area contributed by atoms with Gasteiger partial charge in [0.25, 0.3) is 0 Å². The van der Waals surface area contributed by atoms with Gasteiger partial charge in [0.15, 0.2) is 0 Å². The van der Waals surface area contributed by atoms with Crippen LogP contribution < -0.4 is 0 Å². The molecule has 1 heterocycles. The van der Waals surface area contributed by atoms with E-state index in [1.54, 1.807) is 0 Å². The van der Waals surface area contributed by atoms with Gasteiger partial charge in [0, 0.05) is 19.6 Å². The molecule has 70 valence electrons. The van der Waals surface area contributed by atoms with Crippen molar-refractivity contribution in [2.75, 3.05) is 6.54 Å². The van der Waals surface area contributed by atoms with E-state index >= 15 is 0 Å². The zero-order valence-corrected chi connectivity index (χ0v) is 7.90. The van der Waals surface area contributed by atoms with Crippen LogP contribution >= 0.6 is 0 Å². The quantitative estimate of drug-likeness (QED) is 0.737. The van der Waals surface area contributed by atoms with E-state index in [-0.39, 0.29) is 6.10 Å². The third-order valence-corrected chi connectivity index (χ3v) is 2.43. The minimum absolute atomic E-state index is 0.227. The molecule has 0 aromatic heterocycles. The molecule has 1 atom stereocenters. The lowest BCUT2D eigenvalue weighted by molar-refractivity contribution is 0.126. The third kappa shape index (κ3) is 1.90. The van der Waals surface area contributed by atoms with Crippen molar-refractivity contribution < 1.29 is 5.11 Å². The van der Waals surface area contributed by atoms with Gasteiger partial charge in [0.05, 0.1) is 6.10 Å². The molecular weight excluding hydrogens is 162 g/mol. The van der Waals surface area contributed by atoms with Crippen LogP contribution in [-0.4, -0.2) is 22.7 Å². The second-order valence-electron chi connectivity index (χ2n) is 3.79. The highest BCUT2D eigenvalue weighted by molar-refractivity contribution is 5.30. The van der Waals surface area contributed by atoms with E-state index in [0.29, 0.717) is 0 Å². The van der Waals surface area contributed by atoms with Crippen LogP contribution in [0.3, 0.4) is 0 Å². The first kappa shape index (κ1) is 8.73. The van der Waals surface area contributed by atoms with Crippen LogP contribution in [0.1, 0.15) is 18.1 Å². The highest BCUT2D eigenvalue weighted by Gasteiger charge is 2.18. The fourth-order valence-electron chi connectivity index (χ4n) is 1.91. The average Bonchev–Trinajstić information content (AvgIpc) is 2.44. The molecule has 0 radical (unpaired) electrons. The van der Waals surface area contributed by atoms with Crippen molar-refractivity contribution in [3.8, 4) is 0 Å². The van der Waals surface area contributed by atoms with Gasteiger partial charge in [-0.25, -0.2) is 0 Å². The number of β-amino-alcohol motifs (C(OH)–C–C–N with tert-alkyl or cyclic N) is 1. The molecule has 1 aliphatic rings. The molecule has 1 N–H and O–H groups in total. The summed E-state index contributed by atoms with van der Waals surface area (Å²) < 4.78 is 0. The van der Waals surface area contributed by atoms with Gasteiger partial charge in [-0.3, -0.25) is 4.90 Å². The monoisotopic (exact) mass is 177 g/mol. The van der Waals surface area contributed by atoms with Crippen LogP contribution in [0, 0.1) is 0 Å². The van der Waals surface area contributed by atoms with Crippen LogP contribution in [0.25, 0.3) is 0 Å². The van der Waals surface area contributed by atoms with Gasteiger partial charge in [-0.15, -0.1) is 0 Å². The first-order chi connectivity index (χ1) is 6.25. The Hall–Kier alpha value is -0.860. The molecule has 0 saturated carbocycles. The second-order valence-corrected chi connectivity index (χ2v) is 3.79. The first-order valence-electron chi connectivity index (χ1n) is 4.73. The Bertz CT molecular complexity index is 271. The lowest BCUT2D eigenvalue weighted by Crippen LogP contribution is -2.25. The largest absolute Gasteiger partial charge is 0.392 e. The molecular formula is C11H15NO. The SMILES string of the molecule is C[C@H](O)CN1Cc2ccccc2C1. The van der Waals surface area contributed by atoms with E-state index in [1.807, 2.05) is 6.92 Å². The van der Waals surface area contributed by atoms with E-state index in [4.69, 9.17) is 0 Å². The van der Waals surface area contributed by atoms with Crippen LogP contribution in [0.4, 0.5) is 0 Å². The fourth-order valence-corrected chi connectivity index (χ4v) is 1.91. The highest BCUT2D eigenvalue weighted by atomic mass is 16.3. The summed E-state index contributed by atoms with van der Waals surface area (Å²) in [5.41, 5.74) is 2.81. The molecule has 1 aromatic carbocycles. The fraction of sp³-hybridized carbons (Fsp3) is 0.455. The summed E-state index contributed by atoms with van der Waals surface area (Å²) in [6.07, 6.45) is -0.227. The Labute approximate surface area is 78.8 Å². The molecule has 0 bridgehead atoms. The number of fused-ring (bicyclic) bond motifs is 1. The Balaban J connectivity index is 2.05. The normalized spacial score (nSPS) is 18.6. The third-order valence-electron chi connectivity index (χ3n) is 2.43. The van der Waals surface area contributed by atoms with Crippen LogP contribution in [0.15, 0.2) is 24.3 Å². The van der Waals surface area contributed by atoms with Gasteiger partial charge in [-0.05, 0) is 18.1 Å². The maximum Gasteiger partial charge on any atom is 0.0639 e. The smallest absolute Gasteiger partial charge is 0.0639 e. The Kier molecular flexibility index (Phi) is 2.34. The molecule has 2 nitrogen and oxygen atoms in total. The van der Waals surface area contributed by atoms with Crippen molar-refractivity contribution in [3.63, 3.8) is 0 Å². The molecule has 0 aliphatic carbocycles. The molecule has 13 heavy (non-hydrogen) atoms. The summed E-state index contributed by atoms with van der Waals surface area (Å²) in [5.74, 6) is 0. The number of rotatable bonds is 2. The van der Waals surface area contributed by atoms with Crippen molar-refractivity contribution >= 4 is 0 Å². The zero-order chi connectivity index (χ0) is 9.26. The molecule has 0 unspecified atom stereocenters. The van der Waals surface area contributed by atoms with E-state index in [2.05, 4.69) is 29.2 Å². The molecule has 1 aliphatic heterocycles. The minimum atomic E-state index is -0.227. The number of benzene rings is 1. The lowest BCUT2D eigenvalue weighted by Gasteiger charge is -2.16. The second kappa shape index (κ2) is 3.48. The lowest BCUT2D eigenvalue weighted by atomic mass is 10.1. The standard InChI is InChI=1S/C11H15NO/c1-9(13)6-12-7-10-4-2-3-5-11(10)8-12/h2-5,9,13H,6-8H2,1H3/t9-/m0/s1. The Morgan fingerprint density at radius 2 is 1.85 bits per heavy atom. The number of hydrogen-bond donors (Lipinski definition) is 1. The minimum Gasteiger partial charge on any atom is -0.392 e. The molecule has 2 heteroatoms. The van der Waals surface area contributed by atoms with Gasteiger partial charge in [-0.1, -0.05) is 24.3 Å². The summed E-state index contributed by atoms with van der Waals surface area (Å²) in [6.45, 7) is 4.58. The topological polar surface area (TPSA) is 23.5 Å². The van der Waals surface area contributed by atoms with E-state index in [9.17, 15) is 5.11 Å². The molecule has 0 fully saturated rings. The van der Waals surface area contributed by atoms with Gasteiger partial charge in [0.2, 0.25) is 0 Å². The van der Waals surface area contributed by atoms with Crippen molar-refractivity contribution in [1.82, 2.24) is 4.90 Å². The maximum atomic E-state index is 9.25. The van der Waals surface area contributed by atoms with Crippen molar-refractivity contribution in [3.05, 3.63) is 35.4 Å². The molecule has 0 spiro atoms. The summed E-state index contributed by atoms with van der Waals surface area (Å²) in [5, 5.41) is 9.25. The van der Waals surface area contributed by atoms with Gasteiger partial charge in [-0.2, -0.15) is 0 Å². The Morgan fingerprint density at radius 1 is 1.31 bits per heavy atom. The molecule has 1 aromatic rings. The molecule has 0 saturated heterocycles. The highest BCUT2D eigenvalue weighted by Crippen LogP contribution is 2.21. The molecule has 0 amide bonds. The number of hydrogen-bond acceptors (Lipinski definition) is 2. The molecule has 2 rings (SSSR count). The zero-order valence-electron chi connectivity index (χ0n) is 7.90. The summed E-state index contributed by atoms with van der Waals surface area (Å²) in [6, 6.07) is 8.48. The number of aliphatic hydroxyl groups excluding tert-OH is 1. The van der Waals surface area contributed by atoms with E-state index < -0.39 is 0 Å². The van der Waals surface area contributed by atoms with E-state index in [1.165, 1.54) is 11.1 Å². The van der Waals surface area contributed by atoms with Gasteiger partial charge < -0.3 is 5.11 Å². The predicted molar refractivity (Wildman–Crippen MR) is 52.2 cm³/mol. The summed E-state index contributed by atoms with van der Waals surface area (Å²) >= 11 is 0. The van der Waals surface area contributed by atoms with Crippen LogP contribution in [0.2, 0.25) is 0 Å². The van der Waals surface area contributed by atoms with Gasteiger partial charge >= 0.3 is 0 Å². The van der Waals surface area contributed by atoms with Crippen LogP contribution in [0.5, 0.6) is 0 Å². The summed E-state index contributed by atoms with van der Waals surface area (Å²) in [4.78, 5) is 2.27. The maximum absolute atomic E-state index is 9.25. The predicted octanol–water partition coefficient (Wildman–Crippen LogP) is 1.38. The van der Waals surface area contributed by atoms with Crippen LogP contribution in [-0.2, 0) is 13.1 Å². The number of aliphatic hydroxyl groups is 1. The van der Waals surface area contributed by atoms with Crippen molar-refractivity contribution in [2.45, 2.75) is 26.1 Å². The van der Waals surface area contributed by atoms with Crippen molar-refractivity contribution in [1.29, 1.82) is 0 Å². The van der Waals surface area contributed by atoms with Gasteiger partial charge in [0.1, 0.15) is 0 Å².